The van der Waals surface area contributed by atoms with Crippen LogP contribution in [-0.4, -0.2) is 70.4 Å². The summed E-state index contributed by atoms with van der Waals surface area (Å²) < 4.78 is 21.0. The molecule has 3 heterocycles. The molecule has 0 saturated heterocycles. The van der Waals surface area contributed by atoms with Crippen LogP contribution in [0.3, 0.4) is 0 Å². The highest BCUT2D eigenvalue weighted by Gasteiger charge is 2.33. The number of rotatable bonds is 10. The lowest BCUT2D eigenvalue weighted by Gasteiger charge is -2.37. The summed E-state index contributed by atoms with van der Waals surface area (Å²) in [4.78, 5) is 56.0. The number of anilines is 1. The molecule has 0 radical (unpaired) electrons. The van der Waals surface area contributed by atoms with Gasteiger partial charge in [-0.05, 0) is 48.8 Å². The third-order valence-corrected chi connectivity index (χ3v) is 8.16. The van der Waals surface area contributed by atoms with E-state index in [9.17, 15) is 23.6 Å². The number of aromatic nitrogens is 3. The fourth-order valence-corrected chi connectivity index (χ4v) is 5.74. The molecule has 3 N–H and O–H groups in total. The van der Waals surface area contributed by atoms with Gasteiger partial charge < -0.3 is 25.6 Å². The predicted octanol–water partition coefficient (Wildman–Crippen LogP) is 3.07. The Morgan fingerprint density at radius 2 is 1.91 bits per heavy atom. The monoisotopic (exact) mass is 593 g/mol. The van der Waals surface area contributed by atoms with Gasteiger partial charge in [-0.25, -0.2) is 13.9 Å². The Morgan fingerprint density at radius 3 is 2.67 bits per heavy atom. The highest BCUT2D eigenvalue weighted by atomic mass is 19.1. The van der Waals surface area contributed by atoms with Crippen molar-refractivity contribution in [3.63, 3.8) is 0 Å². The lowest BCUT2D eigenvalue weighted by atomic mass is 9.71. The molecular weight excluding hydrogens is 557 g/mol. The van der Waals surface area contributed by atoms with Gasteiger partial charge in [0.25, 0.3) is 17.7 Å². The lowest BCUT2D eigenvalue weighted by Crippen LogP contribution is -2.40. The maximum Gasteiger partial charge on any atom is 0.270 e. The number of fused-ring (bicyclic) bond motifs is 2. The molecule has 4 amide bonds. The second-order valence-electron chi connectivity index (χ2n) is 11.5. The van der Waals surface area contributed by atoms with Crippen molar-refractivity contribution in [2.75, 3.05) is 32.6 Å². The number of hydrogen-bond acceptors (Lipinski definition) is 7. The first-order valence-electron chi connectivity index (χ1n) is 14.5. The largest absolute Gasteiger partial charge is 0.482 e. The van der Waals surface area contributed by atoms with Crippen LogP contribution in [0.2, 0.25) is 0 Å². The molecular formula is C30H36FN7O5. The molecule has 2 aliphatic rings. The minimum Gasteiger partial charge on any atom is -0.482 e. The highest BCUT2D eigenvalue weighted by molar-refractivity contribution is 5.98. The lowest BCUT2D eigenvalue weighted by molar-refractivity contribution is -0.129. The van der Waals surface area contributed by atoms with Gasteiger partial charge in [-0.3, -0.25) is 19.2 Å². The smallest absolute Gasteiger partial charge is 0.270 e. The van der Waals surface area contributed by atoms with Crippen LogP contribution in [0.15, 0.2) is 30.5 Å². The van der Waals surface area contributed by atoms with Crippen molar-refractivity contribution in [3.8, 4) is 5.75 Å². The first kappa shape index (κ1) is 29.9. The summed E-state index contributed by atoms with van der Waals surface area (Å²) in [5.74, 6) is -1.52. The van der Waals surface area contributed by atoms with E-state index in [1.54, 1.807) is 37.2 Å². The Kier molecular flexibility index (Phi) is 8.88. The Hall–Kier alpha value is -4.55. The zero-order chi connectivity index (χ0) is 30.6. The summed E-state index contributed by atoms with van der Waals surface area (Å²) in [7, 11) is 3.48. The molecule has 228 valence electrons. The molecule has 0 unspecified atom stereocenters. The number of hydrogen-bond donors (Lipinski definition) is 3. The fourth-order valence-electron chi connectivity index (χ4n) is 5.74. The summed E-state index contributed by atoms with van der Waals surface area (Å²) >= 11 is 0. The van der Waals surface area contributed by atoms with Crippen molar-refractivity contribution in [1.29, 1.82) is 0 Å². The number of nitrogens with zero attached hydrogens (tertiary/aromatic N) is 4. The topological polar surface area (TPSA) is 147 Å². The molecule has 2 aromatic heterocycles. The quantitative estimate of drug-likeness (QED) is 0.327. The van der Waals surface area contributed by atoms with Gasteiger partial charge in [-0.1, -0.05) is 25.3 Å². The third-order valence-electron chi connectivity index (χ3n) is 8.16. The molecule has 13 heteroatoms. The SMILES string of the molecule is CN(C)C(=O)CCCC1(CNC(=O)c2cc(C(=O)NCc3ccc4c(c3)NC(=O)CO4)nc3c(F)cnn23)CCCCC1. The number of carbonyl (C=O) groups is 4. The minimum atomic E-state index is -0.761. The van der Waals surface area contributed by atoms with E-state index >= 15 is 0 Å². The number of nitrogens with one attached hydrogen (secondary N) is 3. The third kappa shape index (κ3) is 6.92. The zero-order valence-electron chi connectivity index (χ0n) is 24.4. The van der Waals surface area contributed by atoms with E-state index < -0.39 is 17.6 Å². The van der Waals surface area contributed by atoms with Crippen molar-refractivity contribution in [1.82, 2.24) is 30.1 Å². The molecule has 0 atom stereocenters. The molecule has 1 aliphatic heterocycles. The predicted molar refractivity (Wildman–Crippen MR) is 155 cm³/mol. The second-order valence-corrected chi connectivity index (χ2v) is 11.5. The van der Waals surface area contributed by atoms with E-state index in [0.717, 1.165) is 55.7 Å². The van der Waals surface area contributed by atoms with Crippen LogP contribution in [0, 0.1) is 11.2 Å². The van der Waals surface area contributed by atoms with Crippen LogP contribution in [0.25, 0.3) is 5.65 Å². The fraction of sp³-hybridized carbons (Fsp3) is 0.467. The van der Waals surface area contributed by atoms with Crippen LogP contribution >= 0.6 is 0 Å². The first-order chi connectivity index (χ1) is 20.6. The van der Waals surface area contributed by atoms with Gasteiger partial charge in [0.1, 0.15) is 17.1 Å². The van der Waals surface area contributed by atoms with E-state index in [2.05, 4.69) is 26.0 Å². The minimum absolute atomic E-state index is 0.0126. The van der Waals surface area contributed by atoms with Gasteiger partial charge in [0.15, 0.2) is 18.1 Å². The van der Waals surface area contributed by atoms with Crippen LogP contribution < -0.4 is 20.7 Å². The van der Waals surface area contributed by atoms with E-state index in [4.69, 9.17) is 4.74 Å². The van der Waals surface area contributed by atoms with Crippen LogP contribution in [0.1, 0.15) is 77.9 Å². The summed E-state index contributed by atoms with van der Waals surface area (Å²) in [5.41, 5.74) is 0.672. The second kappa shape index (κ2) is 12.8. The summed E-state index contributed by atoms with van der Waals surface area (Å²) in [6.45, 7) is 0.434. The molecule has 1 aliphatic carbocycles. The Balaban J connectivity index is 1.29. The summed E-state index contributed by atoms with van der Waals surface area (Å²) in [5, 5.41) is 12.4. The van der Waals surface area contributed by atoms with E-state index in [0.29, 0.717) is 30.0 Å². The van der Waals surface area contributed by atoms with Gasteiger partial charge in [0.2, 0.25) is 5.91 Å². The van der Waals surface area contributed by atoms with Gasteiger partial charge >= 0.3 is 0 Å². The molecule has 12 nitrogen and oxygen atoms in total. The van der Waals surface area contributed by atoms with Crippen molar-refractivity contribution in [2.24, 2.45) is 5.41 Å². The molecule has 1 fully saturated rings. The van der Waals surface area contributed by atoms with Crippen molar-refractivity contribution in [2.45, 2.75) is 57.9 Å². The van der Waals surface area contributed by atoms with Crippen molar-refractivity contribution in [3.05, 3.63) is 53.2 Å². The molecule has 5 rings (SSSR count). The number of ether oxygens (including phenoxy) is 1. The summed E-state index contributed by atoms with van der Waals surface area (Å²) in [6.07, 6.45) is 8.06. The van der Waals surface area contributed by atoms with E-state index in [1.165, 1.54) is 6.07 Å². The maximum atomic E-state index is 14.6. The zero-order valence-corrected chi connectivity index (χ0v) is 24.4. The van der Waals surface area contributed by atoms with E-state index in [-0.39, 0.29) is 47.4 Å². The normalized spacial score (nSPS) is 15.7. The van der Waals surface area contributed by atoms with E-state index in [1.807, 2.05) is 0 Å². The van der Waals surface area contributed by atoms with Gasteiger partial charge in [0, 0.05) is 39.7 Å². The Bertz CT molecular complexity index is 1550. The molecule has 1 saturated carbocycles. The number of amides is 4. The van der Waals surface area contributed by atoms with Crippen molar-refractivity contribution >= 4 is 35.0 Å². The Labute approximate surface area is 248 Å². The van der Waals surface area contributed by atoms with Crippen LogP contribution in [0.4, 0.5) is 10.1 Å². The molecule has 0 bridgehead atoms. The Morgan fingerprint density at radius 1 is 1.12 bits per heavy atom. The van der Waals surface area contributed by atoms with Gasteiger partial charge in [0.05, 0.1) is 11.9 Å². The van der Waals surface area contributed by atoms with Crippen molar-refractivity contribution < 1.29 is 28.3 Å². The molecule has 1 aromatic carbocycles. The average Bonchev–Trinajstić information content (AvgIpc) is 3.38. The number of benzene rings is 1. The maximum absolute atomic E-state index is 14.6. The first-order valence-corrected chi connectivity index (χ1v) is 14.5. The van der Waals surface area contributed by atoms with Crippen LogP contribution in [-0.2, 0) is 16.1 Å². The highest BCUT2D eigenvalue weighted by Crippen LogP contribution is 2.40. The summed E-state index contributed by atoms with van der Waals surface area (Å²) in [6, 6.07) is 6.44. The van der Waals surface area contributed by atoms with Gasteiger partial charge in [-0.15, -0.1) is 0 Å². The van der Waals surface area contributed by atoms with Crippen LogP contribution in [0.5, 0.6) is 5.75 Å². The number of carbonyl (C=O) groups excluding carboxylic acids is 4. The molecule has 0 spiro atoms. The standard InChI is InChI=1S/C30H36FN7O5/c1-37(2)26(40)7-6-12-30(10-4-3-5-11-30)18-33-29(42)23-14-22(36-27-20(31)16-34-38(23)27)28(41)32-15-19-8-9-24-21(13-19)35-25(39)17-43-24/h8-9,13-14,16H,3-7,10-12,15,17-18H2,1-2H3,(H,32,41)(H,33,42)(H,35,39). The van der Waals surface area contributed by atoms with Gasteiger partial charge in [-0.2, -0.15) is 5.10 Å². The molecule has 3 aromatic rings. The molecule has 43 heavy (non-hydrogen) atoms. The average molecular weight is 594 g/mol. The number of halogens is 1.